The summed E-state index contributed by atoms with van der Waals surface area (Å²) >= 11 is 3.71. The van der Waals surface area contributed by atoms with Gasteiger partial charge < -0.3 is 0 Å². The fourth-order valence-corrected chi connectivity index (χ4v) is 3.82. The van der Waals surface area contributed by atoms with E-state index in [-0.39, 0.29) is 10.8 Å². The van der Waals surface area contributed by atoms with Crippen LogP contribution in [0.3, 0.4) is 0 Å². The van der Waals surface area contributed by atoms with Crippen LogP contribution in [0.5, 0.6) is 0 Å². The molecule has 0 bridgehead atoms. The molecule has 0 saturated carbocycles. The molecule has 0 aromatic carbocycles. The molecular formula is C16H20S2. The van der Waals surface area contributed by atoms with Crippen LogP contribution in [0.2, 0.25) is 0 Å². The number of hydrogen-bond donors (Lipinski definition) is 0. The summed E-state index contributed by atoms with van der Waals surface area (Å²) in [5.41, 5.74) is 0.328. The van der Waals surface area contributed by atoms with Crippen molar-refractivity contribution in [2.45, 2.75) is 47.0 Å². The Morgan fingerprint density at radius 2 is 1.50 bits per heavy atom. The Hall–Kier alpha value is -0.780. The second kappa shape index (κ2) is 4.40. The van der Waals surface area contributed by atoms with Gasteiger partial charge in [0.25, 0.3) is 0 Å². The minimum absolute atomic E-state index is 0.0774. The maximum absolute atomic E-state index is 3.30. The fourth-order valence-electron chi connectivity index (χ4n) is 1.52. The molecule has 96 valence electrons. The molecule has 0 fully saturated rings. The van der Waals surface area contributed by atoms with Crippen molar-refractivity contribution in [2.75, 3.05) is 0 Å². The average molecular weight is 276 g/mol. The van der Waals surface area contributed by atoms with E-state index in [2.05, 4.69) is 65.5 Å². The predicted molar refractivity (Wildman–Crippen MR) is 84.7 cm³/mol. The molecule has 0 nitrogen and oxygen atoms in total. The molecule has 0 aliphatic rings. The lowest BCUT2D eigenvalue weighted by Crippen LogP contribution is -2.07. The van der Waals surface area contributed by atoms with Crippen molar-refractivity contribution < 1.29 is 0 Å². The van der Waals surface area contributed by atoms with Crippen LogP contribution in [0.25, 0.3) is 9.40 Å². The average Bonchev–Trinajstić information content (AvgIpc) is 2.68. The van der Waals surface area contributed by atoms with Gasteiger partial charge in [0.2, 0.25) is 0 Å². The van der Waals surface area contributed by atoms with Gasteiger partial charge >= 0.3 is 0 Å². The summed E-state index contributed by atoms with van der Waals surface area (Å²) in [6.45, 7) is 13.2. The zero-order valence-electron chi connectivity index (χ0n) is 12.0. The SMILES string of the molecule is CC(C)(C)C#Cc1cc2sc(C(C)(C)C)cc2s1. The number of hydrogen-bond acceptors (Lipinski definition) is 2. The van der Waals surface area contributed by atoms with Crippen molar-refractivity contribution in [3.05, 3.63) is 21.9 Å². The first kappa shape index (κ1) is 13.6. The van der Waals surface area contributed by atoms with Crippen molar-refractivity contribution in [3.63, 3.8) is 0 Å². The molecule has 2 heterocycles. The summed E-state index contributed by atoms with van der Waals surface area (Å²) in [6, 6.07) is 4.56. The zero-order valence-corrected chi connectivity index (χ0v) is 13.6. The van der Waals surface area contributed by atoms with Crippen LogP contribution in [0.15, 0.2) is 12.1 Å². The first-order valence-corrected chi connectivity index (χ1v) is 7.85. The lowest BCUT2D eigenvalue weighted by molar-refractivity contribution is 0.571. The highest BCUT2D eigenvalue weighted by molar-refractivity contribution is 7.28. The smallest absolute Gasteiger partial charge is 0.0789 e. The lowest BCUT2D eigenvalue weighted by Gasteiger charge is -2.14. The van der Waals surface area contributed by atoms with E-state index in [0.717, 1.165) is 0 Å². The van der Waals surface area contributed by atoms with Gasteiger partial charge in [-0.2, -0.15) is 0 Å². The summed E-state index contributed by atoms with van der Waals surface area (Å²) < 4.78 is 2.76. The molecule has 0 unspecified atom stereocenters. The quantitative estimate of drug-likeness (QED) is 0.545. The minimum Gasteiger partial charge on any atom is -0.139 e. The maximum atomic E-state index is 3.30. The molecule has 0 amide bonds. The van der Waals surface area contributed by atoms with E-state index in [0.29, 0.717) is 0 Å². The molecule has 0 aliphatic heterocycles. The number of rotatable bonds is 0. The van der Waals surface area contributed by atoms with E-state index in [9.17, 15) is 0 Å². The van der Waals surface area contributed by atoms with E-state index < -0.39 is 0 Å². The molecule has 0 aliphatic carbocycles. The third-order valence-corrected chi connectivity index (χ3v) is 5.14. The Morgan fingerprint density at radius 1 is 0.889 bits per heavy atom. The Labute approximate surface area is 118 Å². The van der Waals surface area contributed by atoms with E-state index in [1.54, 1.807) is 0 Å². The topological polar surface area (TPSA) is 0 Å². The van der Waals surface area contributed by atoms with Gasteiger partial charge in [0.1, 0.15) is 0 Å². The largest absolute Gasteiger partial charge is 0.139 e. The Balaban J connectivity index is 2.36. The summed E-state index contributed by atoms with van der Waals surface area (Å²) in [5, 5.41) is 0. The van der Waals surface area contributed by atoms with Crippen LogP contribution in [-0.4, -0.2) is 0 Å². The van der Waals surface area contributed by atoms with Gasteiger partial charge in [0.15, 0.2) is 0 Å². The van der Waals surface area contributed by atoms with Gasteiger partial charge in [-0.25, -0.2) is 0 Å². The van der Waals surface area contributed by atoms with E-state index in [1.807, 2.05) is 22.7 Å². The minimum atomic E-state index is 0.0774. The summed E-state index contributed by atoms with van der Waals surface area (Å²) in [5.74, 6) is 6.59. The fraction of sp³-hybridized carbons (Fsp3) is 0.500. The Kier molecular flexibility index (Phi) is 3.34. The molecule has 0 radical (unpaired) electrons. The summed E-state index contributed by atoms with van der Waals surface area (Å²) in [6.07, 6.45) is 0. The van der Waals surface area contributed by atoms with Gasteiger partial charge in [-0.3, -0.25) is 0 Å². The standard InChI is InChI=1S/C16H20S2/c1-15(2,3)8-7-11-9-12-13(17-11)10-14(18-12)16(4,5)6/h9-10H,1-6H3. The highest BCUT2D eigenvalue weighted by Gasteiger charge is 2.17. The second-order valence-electron chi connectivity index (χ2n) is 6.70. The molecule has 2 aromatic rings. The maximum Gasteiger partial charge on any atom is 0.0789 e. The molecule has 0 N–H and O–H groups in total. The van der Waals surface area contributed by atoms with Crippen molar-refractivity contribution in [3.8, 4) is 11.8 Å². The lowest BCUT2D eigenvalue weighted by atomic mass is 9.95. The van der Waals surface area contributed by atoms with Gasteiger partial charge in [-0.05, 0) is 38.3 Å². The normalized spacial score (nSPS) is 12.6. The Morgan fingerprint density at radius 3 is 2.00 bits per heavy atom. The van der Waals surface area contributed by atoms with Crippen LogP contribution in [0, 0.1) is 17.3 Å². The molecule has 0 spiro atoms. The third kappa shape index (κ3) is 3.16. The molecule has 0 atom stereocenters. The van der Waals surface area contributed by atoms with Gasteiger partial charge in [0.05, 0.1) is 4.88 Å². The highest BCUT2D eigenvalue weighted by Crippen LogP contribution is 2.38. The van der Waals surface area contributed by atoms with Crippen molar-refractivity contribution in [1.82, 2.24) is 0 Å². The summed E-state index contributed by atoms with van der Waals surface area (Å²) in [4.78, 5) is 2.64. The van der Waals surface area contributed by atoms with Crippen LogP contribution in [0.4, 0.5) is 0 Å². The first-order valence-electron chi connectivity index (χ1n) is 6.22. The van der Waals surface area contributed by atoms with Crippen LogP contribution in [-0.2, 0) is 5.41 Å². The summed E-state index contributed by atoms with van der Waals surface area (Å²) in [7, 11) is 0. The van der Waals surface area contributed by atoms with E-state index >= 15 is 0 Å². The highest BCUT2D eigenvalue weighted by atomic mass is 32.1. The van der Waals surface area contributed by atoms with Gasteiger partial charge in [0, 0.05) is 19.7 Å². The Bertz CT molecular complexity index is 584. The third-order valence-electron chi connectivity index (χ3n) is 2.51. The molecule has 2 rings (SSSR count). The molecule has 0 saturated heterocycles. The number of fused-ring (bicyclic) bond motifs is 1. The first-order chi connectivity index (χ1) is 8.15. The van der Waals surface area contributed by atoms with Gasteiger partial charge in [-0.15, -0.1) is 22.7 Å². The molecule has 2 heteroatoms. The van der Waals surface area contributed by atoms with E-state index in [1.165, 1.54) is 19.2 Å². The predicted octanol–water partition coefficient (Wildman–Crippen LogP) is 5.66. The molecule has 18 heavy (non-hydrogen) atoms. The van der Waals surface area contributed by atoms with Crippen LogP contribution in [0.1, 0.15) is 51.3 Å². The van der Waals surface area contributed by atoms with Crippen LogP contribution < -0.4 is 0 Å². The van der Waals surface area contributed by atoms with Crippen molar-refractivity contribution in [2.24, 2.45) is 5.41 Å². The monoisotopic (exact) mass is 276 g/mol. The van der Waals surface area contributed by atoms with Crippen molar-refractivity contribution in [1.29, 1.82) is 0 Å². The van der Waals surface area contributed by atoms with E-state index in [4.69, 9.17) is 0 Å². The zero-order chi connectivity index (χ0) is 13.6. The molecular weight excluding hydrogens is 256 g/mol. The second-order valence-corrected chi connectivity index (χ2v) is 8.87. The van der Waals surface area contributed by atoms with Crippen molar-refractivity contribution >= 4 is 32.1 Å². The van der Waals surface area contributed by atoms with Gasteiger partial charge in [-0.1, -0.05) is 32.6 Å². The number of thiophene rings is 2. The van der Waals surface area contributed by atoms with Crippen LogP contribution >= 0.6 is 22.7 Å². The molecule has 2 aromatic heterocycles.